The zero-order chi connectivity index (χ0) is 49.5. The van der Waals surface area contributed by atoms with E-state index in [9.17, 15) is 19.8 Å². The normalized spacial score (nSPS) is 14.0. The number of carbonyl (C=O) groups is 2. The maximum absolute atomic E-state index is 13.3. The molecule has 0 aromatic rings. The Kier molecular flexibility index (Phi) is 51.7. The zero-order valence-corrected chi connectivity index (χ0v) is 44.2. The van der Waals surface area contributed by atoms with Gasteiger partial charge in [0.1, 0.15) is 6.10 Å². The summed E-state index contributed by atoms with van der Waals surface area (Å²) in [6.45, 7) is 6.24. The molecule has 388 valence electrons. The highest BCUT2D eigenvalue weighted by atomic mass is 16.5. The van der Waals surface area contributed by atoms with Gasteiger partial charge in [-0.2, -0.15) is 0 Å². The highest BCUT2D eigenvalue weighted by Crippen LogP contribution is 2.17. The van der Waals surface area contributed by atoms with Crippen molar-refractivity contribution in [3.8, 4) is 0 Å². The second-order valence-corrected chi connectivity index (χ2v) is 18.6. The van der Waals surface area contributed by atoms with Crippen LogP contribution in [-0.2, 0) is 14.3 Å². The lowest BCUT2D eigenvalue weighted by atomic mass is 10.0. The van der Waals surface area contributed by atoms with Gasteiger partial charge < -0.3 is 20.3 Å². The molecular weight excluding hydrogens is 839 g/mol. The monoisotopic (exact) mass is 944 g/mol. The van der Waals surface area contributed by atoms with E-state index in [1.807, 2.05) is 0 Å². The molecule has 0 saturated carbocycles. The van der Waals surface area contributed by atoms with E-state index >= 15 is 0 Å². The topological polar surface area (TPSA) is 95.9 Å². The van der Waals surface area contributed by atoms with Crippen LogP contribution in [0.5, 0.6) is 0 Å². The SMILES string of the molecule is CC/C=C\C/C=C\C/C=C\C/C=C\C/C=C\CCCC(CC(=O)NC(CO)C(O)CCCCCCCCCCCCCCCCCC)OC(=O)CCCCC/C=C/C/C=C/C/C=C/C/C=C/CC. The number of aliphatic hydroxyl groups excluding tert-OH is 2. The number of allylic oxidation sites excluding steroid dienone is 18. The van der Waals surface area contributed by atoms with E-state index in [4.69, 9.17) is 4.74 Å². The van der Waals surface area contributed by atoms with E-state index in [1.165, 1.54) is 83.5 Å². The molecule has 3 atom stereocenters. The first-order valence-corrected chi connectivity index (χ1v) is 28.1. The van der Waals surface area contributed by atoms with Gasteiger partial charge in [-0.1, -0.05) is 239 Å². The summed E-state index contributed by atoms with van der Waals surface area (Å²) < 4.78 is 5.91. The fourth-order valence-corrected chi connectivity index (χ4v) is 7.92. The van der Waals surface area contributed by atoms with E-state index < -0.39 is 18.2 Å². The fraction of sp³-hybridized carbons (Fsp3) is 0.677. The van der Waals surface area contributed by atoms with E-state index in [1.54, 1.807) is 0 Å². The van der Waals surface area contributed by atoms with Crippen molar-refractivity contribution in [3.05, 3.63) is 109 Å². The van der Waals surface area contributed by atoms with Gasteiger partial charge >= 0.3 is 5.97 Å². The summed E-state index contributed by atoms with van der Waals surface area (Å²) in [5.41, 5.74) is 0. The molecule has 0 aliphatic carbocycles. The third-order valence-corrected chi connectivity index (χ3v) is 12.1. The molecule has 0 aliphatic rings. The van der Waals surface area contributed by atoms with Gasteiger partial charge in [0.25, 0.3) is 0 Å². The van der Waals surface area contributed by atoms with E-state index in [0.717, 1.165) is 116 Å². The predicted molar refractivity (Wildman–Crippen MR) is 296 cm³/mol. The average molecular weight is 945 g/mol. The molecule has 0 spiro atoms. The number of hydrogen-bond acceptors (Lipinski definition) is 5. The number of rotatable bonds is 49. The van der Waals surface area contributed by atoms with Crippen LogP contribution in [0.2, 0.25) is 0 Å². The lowest BCUT2D eigenvalue weighted by Gasteiger charge is -2.24. The first-order chi connectivity index (χ1) is 33.5. The van der Waals surface area contributed by atoms with Crippen LogP contribution in [0.4, 0.5) is 0 Å². The number of amides is 1. The van der Waals surface area contributed by atoms with Crippen LogP contribution in [0.15, 0.2) is 109 Å². The van der Waals surface area contributed by atoms with E-state index in [-0.39, 0.29) is 24.9 Å². The Morgan fingerprint density at radius 3 is 1.22 bits per heavy atom. The number of carbonyl (C=O) groups excluding carboxylic acids is 2. The number of nitrogens with one attached hydrogen (secondary N) is 1. The molecule has 1 amide bonds. The highest BCUT2D eigenvalue weighted by Gasteiger charge is 2.24. The molecule has 68 heavy (non-hydrogen) atoms. The minimum Gasteiger partial charge on any atom is -0.462 e. The Bertz CT molecular complexity index is 1380. The standard InChI is InChI=1S/C62H105NO5/c1-4-7-10-13-16-19-22-25-28-31-32-35-38-41-44-47-50-53-58(68-62(67)55-52-49-46-43-40-37-34-30-27-24-21-18-15-12-9-6-3)56-61(66)63-59(57-64)60(65)54-51-48-45-42-39-36-33-29-26-23-20-17-14-11-8-5-2/h7,9-10,12,16,18-19,21,25,27-28,30,32,35,37,40-41,44,58-60,64-65H,4-6,8,11,13-15,17,20,22-24,26,29,31,33-34,36,38-39,42-43,45-57H2,1-3H3,(H,63,66)/b10-7-,12-9+,19-16-,21-18+,28-25-,30-27+,35-32-,40-37+,44-41-. The van der Waals surface area contributed by atoms with Crippen molar-refractivity contribution in [2.24, 2.45) is 0 Å². The average Bonchev–Trinajstić information content (AvgIpc) is 3.33. The van der Waals surface area contributed by atoms with Gasteiger partial charge in [0, 0.05) is 6.42 Å². The quantitative estimate of drug-likeness (QED) is 0.0321. The van der Waals surface area contributed by atoms with Crippen LogP contribution < -0.4 is 5.32 Å². The summed E-state index contributed by atoms with van der Waals surface area (Å²) >= 11 is 0. The minimum absolute atomic E-state index is 0.0193. The summed E-state index contributed by atoms with van der Waals surface area (Å²) in [5.74, 6) is -0.572. The van der Waals surface area contributed by atoms with Crippen LogP contribution in [0.1, 0.15) is 245 Å². The number of hydrogen-bond donors (Lipinski definition) is 3. The number of aliphatic hydroxyl groups is 2. The second kappa shape index (κ2) is 54.5. The summed E-state index contributed by atoms with van der Waals surface area (Å²) in [6, 6.07) is -0.735. The Morgan fingerprint density at radius 1 is 0.441 bits per heavy atom. The minimum atomic E-state index is -0.816. The van der Waals surface area contributed by atoms with Gasteiger partial charge in [-0.25, -0.2) is 0 Å². The Morgan fingerprint density at radius 2 is 0.809 bits per heavy atom. The fourth-order valence-electron chi connectivity index (χ4n) is 7.92. The largest absolute Gasteiger partial charge is 0.462 e. The van der Waals surface area contributed by atoms with Crippen LogP contribution in [0.25, 0.3) is 0 Å². The molecule has 0 aliphatic heterocycles. The molecule has 0 aromatic carbocycles. The second-order valence-electron chi connectivity index (χ2n) is 18.6. The molecule has 0 aromatic heterocycles. The van der Waals surface area contributed by atoms with Crippen molar-refractivity contribution < 1.29 is 24.5 Å². The number of ether oxygens (including phenoxy) is 1. The van der Waals surface area contributed by atoms with Crippen LogP contribution in [-0.4, -0.2) is 46.9 Å². The Labute approximate surface area is 419 Å². The van der Waals surface area contributed by atoms with Crippen molar-refractivity contribution in [3.63, 3.8) is 0 Å². The molecular formula is C62H105NO5. The maximum Gasteiger partial charge on any atom is 0.306 e. The molecule has 0 bridgehead atoms. The third-order valence-electron chi connectivity index (χ3n) is 12.1. The Balaban J connectivity index is 4.73. The summed E-state index contributed by atoms with van der Waals surface area (Å²) in [5, 5.41) is 23.9. The summed E-state index contributed by atoms with van der Waals surface area (Å²) in [4.78, 5) is 26.2. The smallest absolute Gasteiger partial charge is 0.306 e. The predicted octanol–water partition coefficient (Wildman–Crippen LogP) is 17.5. The lowest BCUT2D eigenvalue weighted by molar-refractivity contribution is -0.151. The van der Waals surface area contributed by atoms with Crippen molar-refractivity contribution in [1.82, 2.24) is 5.32 Å². The first-order valence-electron chi connectivity index (χ1n) is 28.1. The lowest BCUT2D eigenvalue weighted by Crippen LogP contribution is -2.46. The summed E-state index contributed by atoms with van der Waals surface area (Å²) in [7, 11) is 0. The van der Waals surface area contributed by atoms with Crippen LogP contribution in [0, 0.1) is 0 Å². The molecule has 3 unspecified atom stereocenters. The van der Waals surface area contributed by atoms with E-state index in [2.05, 4.69) is 135 Å². The Hall–Kier alpha value is -3.48. The van der Waals surface area contributed by atoms with Gasteiger partial charge in [-0.05, 0) is 103 Å². The highest BCUT2D eigenvalue weighted by molar-refractivity contribution is 5.77. The van der Waals surface area contributed by atoms with Gasteiger partial charge in [0.15, 0.2) is 0 Å². The zero-order valence-electron chi connectivity index (χ0n) is 44.2. The van der Waals surface area contributed by atoms with Gasteiger partial charge in [0.05, 0.1) is 25.2 Å². The first kappa shape index (κ1) is 64.5. The third kappa shape index (κ3) is 49.0. The van der Waals surface area contributed by atoms with Crippen molar-refractivity contribution in [2.45, 2.75) is 264 Å². The summed E-state index contributed by atoms with van der Waals surface area (Å²) in [6.07, 6.45) is 74.4. The molecule has 0 heterocycles. The number of esters is 1. The molecule has 0 radical (unpaired) electrons. The molecule has 3 N–H and O–H groups in total. The van der Waals surface area contributed by atoms with Crippen molar-refractivity contribution >= 4 is 11.9 Å². The van der Waals surface area contributed by atoms with Gasteiger partial charge in [0.2, 0.25) is 5.91 Å². The molecule has 0 rings (SSSR count). The van der Waals surface area contributed by atoms with E-state index in [0.29, 0.717) is 19.3 Å². The molecule has 6 nitrogen and oxygen atoms in total. The van der Waals surface area contributed by atoms with Crippen LogP contribution >= 0.6 is 0 Å². The molecule has 0 fully saturated rings. The maximum atomic E-state index is 13.3. The van der Waals surface area contributed by atoms with Crippen LogP contribution in [0.3, 0.4) is 0 Å². The van der Waals surface area contributed by atoms with Gasteiger partial charge in [-0.3, -0.25) is 9.59 Å². The number of unbranched alkanes of at least 4 members (excludes halogenated alkanes) is 19. The molecule has 0 saturated heterocycles. The molecule has 6 heteroatoms. The van der Waals surface area contributed by atoms with Crippen molar-refractivity contribution in [2.75, 3.05) is 6.61 Å². The van der Waals surface area contributed by atoms with Crippen molar-refractivity contribution in [1.29, 1.82) is 0 Å². The van der Waals surface area contributed by atoms with Gasteiger partial charge in [-0.15, -0.1) is 0 Å².